The van der Waals surface area contributed by atoms with Gasteiger partial charge in [0, 0.05) is 19.6 Å². The molecule has 3 rings (SSSR count). The minimum atomic E-state index is 0.193. The van der Waals surface area contributed by atoms with Gasteiger partial charge in [0.2, 0.25) is 0 Å². The summed E-state index contributed by atoms with van der Waals surface area (Å²) in [6, 6.07) is 11.0. The van der Waals surface area contributed by atoms with E-state index in [1.165, 1.54) is 5.56 Å². The van der Waals surface area contributed by atoms with Crippen molar-refractivity contribution < 1.29 is 4.74 Å². The summed E-state index contributed by atoms with van der Waals surface area (Å²) in [6.45, 7) is 3.07. The van der Waals surface area contributed by atoms with Crippen molar-refractivity contribution in [1.82, 2.24) is 14.9 Å². The average Bonchev–Trinajstić information content (AvgIpc) is 2.53. The highest BCUT2D eigenvalue weighted by Crippen LogP contribution is 2.18. The molecule has 21 heavy (non-hydrogen) atoms. The lowest BCUT2D eigenvalue weighted by molar-refractivity contribution is 0.0892. The van der Waals surface area contributed by atoms with Crippen LogP contribution in [0.25, 0.3) is 0 Å². The van der Waals surface area contributed by atoms with E-state index >= 15 is 0 Å². The monoisotopic (exact) mass is 303 g/mol. The maximum Gasteiger partial charge on any atom is 0.316 e. The van der Waals surface area contributed by atoms with Crippen molar-refractivity contribution in [3.05, 3.63) is 53.3 Å². The number of halogens is 1. The fourth-order valence-electron chi connectivity index (χ4n) is 2.54. The molecule has 110 valence electrons. The molecule has 0 atom stereocenters. The molecule has 0 spiro atoms. The van der Waals surface area contributed by atoms with Crippen molar-refractivity contribution in [2.45, 2.75) is 25.5 Å². The molecule has 0 unspecified atom stereocenters. The van der Waals surface area contributed by atoms with Crippen LogP contribution in [0.15, 0.2) is 42.7 Å². The fraction of sp³-hybridized carbons (Fsp3) is 0.375. The zero-order valence-electron chi connectivity index (χ0n) is 11.8. The Morgan fingerprint density at radius 1 is 1.10 bits per heavy atom. The summed E-state index contributed by atoms with van der Waals surface area (Å²) in [7, 11) is 0. The normalized spacial score (nSPS) is 16.8. The van der Waals surface area contributed by atoms with Crippen molar-refractivity contribution in [1.29, 1.82) is 0 Å². The van der Waals surface area contributed by atoms with Gasteiger partial charge < -0.3 is 4.74 Å². The molecule has 1 fully saturated rings. The molecule has 2 heterocycles. The second kappa shape index (κ2) is 6.87. The summed E-state index contributed by atoms with van der Waals surface area (Å²) in [4.78, 5) is 10.6. The molecule has 5 heteroatoms. The Morgan fingerprint density at radius 3 is 2.43 bits per heavy atom. The number of aromatic nitrogens is 2. The highest BCUT2D eigenvalue weighted by atomic mass is 35.5. The highest BCUT2D eigenvalue weighted by molar-refractivity contribution is 6.30. The van der Waals surface area contributed by atoms with Gasteiger partial charge in [0.15, 0.2) is 0 Å². The zero-order chi connectivity index (χ0) is 14.5. The third-order valence-corrected chi connectivity index (χ3v) is 3.85. The topological polar surface area (TPSA) is 38.2 Å². The number of hydrogen-bond donors (Lipinski definition) is 0. The Kier molecular flexibility index (Phi) is 4.68. The molecule has 0 radical (unpaired) electrons. The second-order valence-electron chi connectivity index (χ2n) is 5.26. The molecule has 0 bridgehead atoms. The summed E-state index contributed by atoms with van der Waals surface area (Å²) >= 11 is 5.76. The largest absolute Gasteiger partial charge is 0.460 e. The SMILES string of the molecule is Clc1cnc(OC2CCN(Cc3ccccc3)CC2)nc1. The van der Waals surface area contributed by atoms with Crippen molar-refractivity contribution in [3.8, 4) is 6.01 Å². The maximum absolute atomic E-state index is 5.80. The van der Waals surface area contributed by atoms with Crippen LogP contribution in [0.3, 0.4) is 0 Å². The molecule has 0 amide bonds. The minimum absolute atomic E-state index is 0.193. The standard InChI is InChI=1S/C16H18ClN3O/c17-14-10-18-16(19-11-14)21-15-6-8-20(9-7-15)12-13-4-2-1-3-5-13/h1-5,10-11,15H,6-9,12H2. The lowest BCUT2D eigenvalue weighted by atomic mass is 10.1. The van der Waals surface area contributed by atoms with Crippen LogP contribution in [0, 0.1) is 0 Å². The third kappa shape index (κ3) is 4.16. The molecule has 1 aromatic carbocycles. The number of hydrogen-bond acceptors (Lipinski definition) is 4. The maximum atomic E-state index is 5.80. The summed E-state index contributed by atoms with van der Waals surface area (Å²) < 4.78 is 5.80. The van der Waals surface area contributed by atoms with Crippen molar-refractivity contribution in [2.75, 3.05) is 13.1 Å². The number of benzene rings is 1. The van der Waals surface area contributed by atoms with Crippen LogP contribution in [-0.4, -0.2) is 34.1 Å². The lowest BCUT2D eigenvalue weighted by Crippen LogP contribution is -2.38. The van der Waals surface area contributed by atoms with Crippen molar-refractivity contribution in [2.24, 2.45) is 0 Å². The van der Waals surface area contributed by atoms with Crippen LogP contribution >= 0.6 is 11.6 Å². The van der Waals surface area contributed by atoms with E-state index in [2.05, 4.69) is 45.2 Å². The number of rotatable bonds is 4. The average molecular weight is 304 g/mol. The summed E-state index contributed by atoms with van der Waals surface area (Å²) in [6.07, 6.45) is 5.32. The number of nitrogens with zero attached hydrogens (tertiary/aromatic N) is 3. The van der Waals surface area contributed by atoms with E-state index in [-0.39, 0.29) is 6.10 Å². The molecule has 1 aromatic heterocycles. The van der Waals surface area contributed by atoms with E-state index in [0.717, 1.165) is 32.5 Å². The number of ether oxygens (including phenoxy) is 1. The quantitative estimate of drug-likeness (QED) is 0.869. The van der Waals surface area contributed by atoms with Crippen LogP contribution in [0.5, 0.6) is 6.01 Å². The van der Waals surface area contributed by atoms with Crippen LogP contribution in [-0.2, 0) is 6.54 Å². The van der Waals surface area contributed by atoms with Gasteiger partial charge in [-0.2, -0.15) is 0 Å². The van der Waals surface area contributed by atoms with Crippen LogP contribution in [0.4, 0.5) is 0 Å². The minimum Gasteiger partial charge on any atom is -0.460 e. The zero-order valence-corrected chi connectivity index (χ0v) is 12.5. The molecular formula is C16H18ClN3O. The highest BCUT2D eigenvalue weighted by Gasteiger charge is 2.21. The first-order valence-electron chi connectivity index (χ1n) is 7.20. The van der Waals surface area contributed by atoms with E-state index in [1.54, 1.807) is 12.4 Å². The molecule has 2 aromatic rings. The first-order valence-corrected chi connectivity index (χ1v) is 7.58. The van der Waals surface area contributed by atoms with Crippen molar-refractivity contribution in [3.63, 3.8) is 0 Å². The van der Waals surface area contributed by atoms with E-state index in [0.29, 0.717) is 11.0 Å². The Morgan fingerprint density at radius 2 is 1.76 bits per heavy atom. The Balaban J connectivity index is 1.47. The van der Waals surface area contributed by atoms with Gasteiger partial charge in [0.05, 0.1) is 17.4 Å². The third-order valence-electron chi connectivity index (χ3n) is 3.65. The number of piperidine rings is 1. The van der Waals surface area contributed by atoms with E-state index < -0.39 is 0 Å². The van der Waals surface area contributed by atoms with Gasteiger partial charge in [-0.3, -0.25) is 4.90 Å². The second-order valence-corrected chi connectivity index (χ2v) is 5.70. The van der Waals surface area contributed by atoms with Gasteiger partial charge in [-0.1, -0.05) is 41.9 Å². The predicted octanol–water partition coefficient (Wildman–Crippen LogP) is 3.17. The van der Waals surface area contributed by atoms with Gasteiger partial charge in [0.25, 0.3) is 0 Å². The van der Waals surface area contributed by atoms with Gasteiger partial charge in [-0.15, -0.1) is 0 Å². The van der Waals surface area contributed by atoms with Crippen LogP contribution in [0.2, 0.25) is 5.02 Å². The smallest absolute Gasteiger partial charge is 0.316 e. The Hall–Kier alpha value is -1.65. The van der Waals surface area contributed by atoms with Crippen LogP contribution < -0.4 is 4.74 Å². The molecule has 0 aliphatic carbocycles. The molecular weight excluding hydrogens is 286 g/mol. The molecule has 0 N–H and O–H groups in total. The first-order chi connectivity index (χ1) is 10.3. The number of likely N-dealkylation sites (tertiary alicyclic amines) is 1. The summed E-state index contributed by atoms with van der Waals surface area (Å²) in [5.41, 5.74) is 1.36. The molecule has 0 saturated carbocycles. The first kappa shape index (κ1) is 14.3. The summed E-state index contributed by atoms with van der Waals surface area (Å²) in [5, 5.41) is 0.528. The van der Waals surface area contributed by atoms with Crippen molar-refractivity contribution >= 4 is 11.6 Å². The van der Waals surface area contributed by atoms with Crippen LogP contribution in [0.1, 0.15) is 18.4 Å². The Bertz CT molecular complexity index is 553. The van der Waals surface area contributed by atoms with Gasteiger partial charge in [-0.05, 0) is 18.4 Å². The van der Waals surface area contributed by atoms with E-state index in [9.17, 15) is 0 Å². The fourth-order valence-corrected chi connectivity index (χ4v) is 2.63. The molecule has 4 nitrogen and oxygen atoms in total. The van der Waals surface area contributed by atoms with Gasteiger partial charge >= 0.3 is 6.01 Å². The molecule has 1 aliphatic heterocycles. The van der Waals surface area contributed by atoms with Gasteiger partial charge in [0.1, 0.15) is 6.10 Å². The van der Waals surface area contributed by atoms with E-state index in [4.69, 9.17) is 16.3 Å². The predicted molar refractivity (Wildman–Crippen MR) is 82.4 cm³/mol. The van der Waals surface area contributed by atoms with Gasteiger partial charge in [-0.25, -0.2) is 9.97 Å². The van der Waals surface area contributed by atoms with E-state index in [1.807, 2.05) is 0 Å². The molecule has 1 aliphatic rings. The molecule has 1 saturated heterocycles. The lowest BCUT2D eigenvalue weighted by Gasteiger charge is -2.31. The summed E-state index contributed by atoms with van der Waals surface area (Å²) in [5.74, 6) is 0. The Labute approximate surface area is 129 Å².